The highest BCUT2D eigenvalue weighted by atomic mass is 127. The Morgan fingerprint density at radius 2 is 1.83 bits per heavy atom. The predicted molar refractivity (Wildman–Crippen MR) is 100 cm³/mol. The highest BCUT2D eigenvalue weighted by Gasteiger charge is 2.15. The Morgan fingerprint density at radius 3 is 2.58 bits per heavy atom. The minimum absolute atomic E-state index is 0.259. The van der Waals surface area contributed by atoms with E-state index in [4.69, 9.17) is 9.15 Å². The van der Waals surface area contributed by atoms with Crippen molar-refractivity contribution in [3.05, 3.63) is 68.6 Å². The van der Waals surface area contributed by atoms with Gasteiger partial charge in [0, 0.05) is 26.8 Å². The maximum atomic E-state index is 12.2. The highest BCUT2D eigenvalue weighted by molar-refractivity contribution is 14.1. The van der Waals surface area contributed by atoms with Crippen molar-refractivity contribution in [2.45, 2.75) is 13.0 Å². The molecule has 0 spiro atoms. The lowest BCUT2D eigenvalue weighted by Crippen LogP contribution is -2.30. The first-order valence-electron chi connectivity index (χ1n) is 7.28. The van der Waals surface area contributed by atoms with Gasteiger partial charge in [-0.2, -0.15) is 0 Å². The molecule has 0 saturated carbocycles. The zero-order valence-corrected chi connectivity index (χ0v) is 14.9. The summed E-state index contributed by atoms with van der Waals surface area (Å²) in [5, 5.41) is 3.58. The summed E-state index contributed by atoms with van der Waals surface area (Å²) >= 11 is 2.20. The Kier molecular flexibility index (Phi) is 4.84. The van der Waals surface area contributed by atoms with Crippen LogP contribution in [0.3, 0.4) is 0 Å². The molecule has 0 bridgehead atoms. The maximum absolute atomic E-state index is 12.2. The molecule has 1 atom stereocenters. The van der Waals surface area contributed by atoms with Crippen LogP contribution >= 0.6 is 22.6 Å². The molecule has 24 heavy (non-hydrogen) atoms. The Hall–Kier alpha value is -2.35. The molecule has 1 aromatic heterocycles. The van der Waals surface area contributed by atoms with Crippen molar-refractivity contribution in [2.24, 2.45) is 0 Å². The Labute approximate surface area is 151 Å². The fourth-order valence-electron chi connectivity index (χ4n) is 2.15. The van der Waals surface area contributed by atoms with Crippen molar-refractivity contribution in [1.82, 2.24) is 0 Å². The molecule has 1 N–H and O–H groups in total. The molecule has 0 aliphatic rings. The molecule has 1 unspecified atom stereocenters. The van der Waals surface area contributed by atoms with Gasteiger partial charge in [-0.3, -0.25) is 4.79 Å². The number of anilines is 1. The number of amides is 1. The molecule has 5 nitrogen and oxygen atoms in total. The zero-order chi connectivity index (χ0) is 17.1. The molecular formula is C18H14INO4. The molecule has 3 aromatic rings. The van der Waals surface area contributed by atoms with Gasteiger partial charge in [0.2, 0.25) is 0 Å². The van der Waals surface area contributed by atoms with E-state index in [1.165, 1.54) is 6.07 Å². The van der Waals surface area contributed by atoms with E-state index in [0.29, 0.717) is 17.0 Å². The summed E-state index contributed by atoms with van der Waals surface area (Å²) in [5.41, 5.74) is 0.703. The van der Waals surface area contributed by atoms with Gasteiger partial charge in [0.1, 0.15) is 11.3 Å². The smallest absolute Gasteiger partial charge is 0.336 e. The summed E-state index contributed by atoms with van der Waals surface area (Å²) in [4.78, 5) is 23.5. The number of benzene rings is 2. The zero-order valence-electron chi connectivity index (χ0n) is 12.8. The average molecular weight is 435 g/mol. The third kappa shape index (κ3) is 3.94. The van der Waals surface area contributed by atoms with Crippen molar-refractivity contribution in [1.29, 1.82) is 0 Å². The number of carbonyl (C=O) groups excluding carboxylic acids is 1. The van der Waals surface area contributed by atoms with E-state index in [2.05, 4.69) is 27.9 Å². The first kappa shape index (κ1) is 16.5. The molecule has 0 saturated heterocycles. The van der Waals surface area contributed by atoms with E-state index >= 15 is 0 Å². The topological polar surface area (TPSA) is 68.5 Å². The number of ether oxygens (including phenoxy) is 1. The molecule has 6 heteroatoms. The predicted octanol–water partition coefficient (Wildman–Crippen LogP) is 3.80. The Balaban J connectivity index is 1.71. The molecule has 0 fully saturated rings. The molecule has 2 aromatic carbocycles. The molecule has 0 radical (unpaired) electrons. The third-order valence-corrected chi connectivity index (χ3v) is 4.11. The second-order valence-electron chi connectivity index (χ2n) is 5.21. The van der Waals surface area contributed by atoms with Gasteiger partial charge < -0.3 is 14.5 Å². The normalized spacial score (nSPS) is 11.9. The molecule has 1 heterocycles. The number of fused-ring (bicyclic) bond motifs is 1. The number of nitrogens with one attached hydrogen (secondary N) is 1. The van der Waals surface area contributed by atoms with Gasteiger partial charge in [0.25, 0.3) is 5.91 Å². The van der Waals surface area contributed by atoms with Gasteiger partial charge in [-0.1, -0.05) is 0 Å². The van der Waals surface area contributed by atoms with Crippen LogP contribution in [0.25, 0.3) is 11.0 Å². The molecule has 122 valence electrons. The van der Waals surface area contributed by atoms with Crippen molar-refractivity contribution in [2.75, 3.05) is 5.32 Å². The standard InChI is InChI=1S/C18H14INO4/c1-11(18(22)20-14-6-4-13(19)5-7-14)23-15-8-2-12-3-9-17(21)24-16(12)10-15/h2-11H,1H3,(H,20,22). The van der Waals surface area contributed by atoms with Gasteiger partial charge >= 0.3 is 5.63 Å². The first-order chi connectivity index (χ1) is 11.5. The van der Waals surface area contributed by atoms with Crippen LogP contribution in [-0.4, -0.2) is 12.0 Å². The minimum Gasteiger partial charge on any atom is -0.481 e. The van der Waals surface area contributed by atoms with E-state index in [1.807, 2.05) is 24.3 Å². The van der Waals surface area contributed by atoms with Crippen LogP contribution in [0.1, 0.15) is 6.92 Å². The van der Waals surface area contributed by atoms with Crippen molar-refractivity contribution >= 4 is 45.2 Å². The third-order valence-electron chi connectivity index (χ3n) is 3.39. The van der Waals surface area contributed by atoms with Crippen LogP contribution in [0.4, 0.5) is 5.69 Å². The second kappa shape index (κ2) is 7.04. The largest absolute Gasteiger partial charge is 0.481 e. The van der Waals surface area contributed by atoms with Gasteiger partial charge in [0.05, 0.1) is 0 Å². The minimum atomic E-state index is -0.697. The molecule has 1 amide bonds. The van der Waals surface area contributed by atoms with Crippen molar-refractivity contribution < 1.29 is 13.9 Å². The summed E-state index contributed by atoms with van der Waals surface area (Å²) in [6.45, 7) is 1.66. The van der Waals surface area contributed by atoms with Gasteiger partial charge in [-0.15, -0.1) is 0 Å². The van der Waals surface area contributed by atoms with Crippen LogP contribution < -0.4 is 15.7 Å². The molecule has 3 rings (SSSR count). The van der Waals surface area contributed by atoms with Crippen molar-refractivity contribution in [3.8, 4) is 5.75 Å². The van der Waals surface area contributed by atoms with Crippen LogP contribution in [0, 0.1) is 3.57 Å². The van der Waals surface area contributed by atoms with Crippen LogP contribution in [0.15, 0.2) is 63.8 Å². The van der Waals surface area contributed by atoms with E-state index in [1.54, 1.807) is 31.2 Å². The van der Waals surface area contributed by atoms with Crippen LogP contribution in [0.5, 0.6) is 5.75 Å². The maximum Gasteiger partial charge on any atom is 0.336 e. The first-order valence-corrected chi connectivity index (χ1v) is 8.36. The lowest BCUT2D eigenvalue weighted by Gasteiger charge is -2.15. The Bertz CT molecular complexity index is 934. The van der Waals surface area contributed by atoms with E-state index in [-0.39, 0.29) is 5.91 Å². The van der Waals surface area contributed by atoms with Gasteiger partial charge in [0.15, 0.2) is 6.10 Å². The summed E-state index contributed by atoms with van der Waals surface area (Å²) in [5.74, 6) is 0.202. The number of carbonyl (C=O) groups is 1. The lowest BCUT2D eigenvalue weighted by molar-refractivity contribution is -0.122. The lowest BCUT2D eigenvalue weighted by atomic mass is 10.2. The fourth-order valence-corrected chi connectivity index (χ4v) is 2.51. The number of hydrogen-bond donors (Lipinski definition) is 1. The molecule has 0 aliphatic carbocycles. The van der Waals surface area contributed by atoms with Crippen LogP contribution in [0.2, 0.25) is 0 Å². The number of hydrogen-bond acceptors (Lipinski definition) is 4. The highest BCUT2D eigenvalue weighted by Crippen LogP contribution is 2.21. The quantitative estimate of drug-likeness (QED) is 0.500. The summed E-state index contributed by atoms with van der Waals surface area (Å²) in [7, 11) is 0. The van der Waals surface area contributed by atoms with Gasteiger partial charge in [-0.05, 0) is 72.0 Å². The van der Waals surface area contributed by atoms with E-state index < -0.39 is 11.7 Å². The second-order valence-corrected chi connectivity index (χ2v) is 6.46. The van der Waals surface area contributed by atoms with Gasteiger partial charge in [-0.25, -0.2) is 4.79 Å². The number of rotatable bonds is 4. The average Bonchev–Trinajstić information content (AvgIpc) is 2.56. The van der Waals surface area contributed by atoms with Crippen molar-refractivity contribution in [3.63, 3.8) is 0 Å². The summed E-state index contributed by atoms with van der Waals surface area (Å²) in [6.07, 6.45) is -0.697. The van der Waals surface area contributed by atoms with E-state index in [0.717, 1.165) is 8.96 Å². The van der Waals surface area contributed by atoms with Crippen LogP contribution in [-0.2, 0) is 4.79 Å². The summed E-state index contributed by atoms with van der Waals surface area (Å²) < 4.78 is 11.8. The number of halogens is 1. The SMILES string of the molecule is CC(Oc1ccc2ccc(=O)oc2c1)C(=O)Nc1ccc(I)cc1. The Morgan fingerprint density at radius 1 is 1.12 bits per heavy atom. The molecule has 0 aliphatic heterocycles. The fraction of sp³-hybridized carbons (Fsp3) is 0.111. The summed E-state index contributed by atoms with van der Waals surface area (Å²) in [6, 6.07) is 15.6. The van der Waals surface area contributed by atoms with E-state index in [9.17, 15) is 9.59 Å². The molecular weight excluding hydrogens is 421 g/mol. The monoisotopic (exact) mass is 435 g/mol.